The first kappa shape index (κ1) is 14.2. The maximum atomic E-state index is 10.8. The van der Waals surface area contributed by atoms with Crippen LogP contribution in [-0.4, -0.2) is 44.5 Å². The molecule has 0 aromatic rings. The first-order valence-electron chi connectivity index (χ1n) is 3.76. The second-order valence-corrected chi connectivity index (χ2v) is 2.99. The van der Waals surface area contributed by atoms with Crippen LogP contribution in [0.2, 0.25) is 0 Å². The van der Waals surface area contributed by atoms with E-state index in [-0.39, 0.29) is 0 Å². The lowest BCUT2D eigenvalue weighted by Gasteiger charge is -2.36. The van der Waals surface area contributed by atoms with Crippen molar-refractivity contribution in [3.05, 3.63) is 0 Å². The SMILES string of the molecule is NOC(CC(=O)O)(C(=O)O)C(N)(N)C(=O)O. The number of nitrogens with two attached hydrogens (primary N) is 3. The van der Waals surface area contributed by atoms with Crippen LogP contribution in [0.5, 0.6) is 0 Å². The largest absolute Gasteiger partial charge is 0.481 e. The Hall–Kier alpha value is -1.75. The van der Waals surface area contributed by atoms with E-state index in [1.54, 1.807) is 0 Å². The zero-order valence-electron chi connectivity index (χ0n) is 7.91. The van der Waals surface area contributed by atoms with E-state index >= 15 is 0 Å². The minimum absolute atomic E-state index is 1.31. The fraction of sp³-hybridized carbons (Fsp3) is 0.500. The summed E-state index contributed by atoms with van der Waals surface area (Å²) in [5.74, 6) is -1.04. The quantitative estimate of drug-likeness (QED) is 0.202. The summed E-state index contributed by atoms with van der Waals surface area (Å²) in [5.41, 5.74) is 4.09. The molecule has 0 aromatic carbocycles. The molecule has 0 spiro atoms. The average Bonchev–Trinajstić information content (AvgIpc) is 2.12. The van der Waals surface area contributed by atoms with Gasteiger partial charge in [0.15, 0.2) is 0 Å². The first-order valence-corrected chi connectivity index (χ1v) is 3.76. The monoisotopic (exact) mass is 237 g/mol. The number of hydrogen-bond acceptors (Lipinski definition) is 7. The lowest BCUT2D eigenvalue weighted by Crippen LogP contribution is -2.76. The molecule has 0 saturated heterocycles. The average molecular weight is 237 g/mol. The van der Waals surface area contributed by atoms with Crippen molar-refractivity contribution in [2.45, 2.75) is 17.7 Å². The van der Waals surface area contributed by atoms with E-state index in [9.17, 15) is 14.4 Å². The van der Waals surface area contributed by atoms with Crippen molar-refractivity contribution in [1.29, 1.82) is 0 Å². The molecule has 0 fully saturated rings. The van der Waals surface area contributed by atoms with Gasteiger partial charge in [0.1, 0.15) is 0 Å². The van der Waals surface area contributed by atoms with Gasteiger partial charge in [-0.3, -0.25) is 9.63 Å². The van der Waals surface area contributed by atoms with Crippen molar-refractivity contribution >= 4 is 17.9 Å². The van der Waals surface area contributed by atoms with Gasteiger partial charge in [0.2, 0.25) is 11.3 Å². The number of carbonyl (C=O) groups is 3. The van der Waals surface area contributed by atoms with Crippen LogP contribution in [0.3, 0.4) is 0 Å². The van der Waals surface area contributed by atoms with Crippen LogP contribution >= 0.6 is 0 Å². The van der Waals surface area contributed by atoms with Gasteiger partial charge < -0.3 is 26.8 Å². The molecular formula is C6H11N3O7. The van der Waals surface area contributed by atoms with Crippen LogP contribution in [0, 0.1) is 0 Å². The normalized spacial score (nSPS) is 15.2. The summed E-state index contributed by atoms with van der Waals surface area (Å²) in [7, 11) is 0. The molecule has 0 bridgehead atoms. The predicted molar refractivity (Wildman–Crippen MR) is 46.6 cm³/mol. The van der Waals surface area contributed by atoms with Gasteiger partial charge in [-0.25, -0.2) is 15.5 Å². The summed E-state index contributed by atoms with van der Waals surface area (Å²) < 4.78 is 0. The van der Waals surface area contributed by atoms with Crippen molar-refractivity contribution in [2.75, 3.05) is 0 Å². The highest BCUT2D eigenvalue weighted by Gasteiger charge is 2.61. The molecule has 16 heavy (non-hydrogen) atoms. The summed E-state index contributed by atoms with van der Waals surface area (Å²) >= 11 is 0. The number of hydrogen-bond donors (Lipinski definition) is 6. The van der Waals surface area contributed by atoms with Crippen LogP contribution in [-0.2, 0) is 19.2 Å². The summed E-state index contributed by atoms with van der Waals surface area (Å²) in [6.45, 7) is 0. The van der Waals surface area contributed by atoms with E-state index in [0.29, 0.717) is 0 Å². The second-order valence-electron chi connectivity index (χ2n) is 2.99. The molecular weight excluding hydrogens is 226 g/mol. The highest BCUT2D eigenvalue weighted by Crippen LogP contribution is 2.24. The van der Waals surface area contributed by atoms with Crippen LogP contribution in [0.15, 0.2) is 0 Å². The lowest BCUT2D eigenvalue weighted by atomic mass is 9.85. The fourth-order valence-electron chi connectivity index (χ4n) is 0.974. The molecule has 10 nitrogen and oxygen atoms in total. The van der Waals surface area contributed by atoms with Gasteiger partial charge in [0.25, 0.3) is 0 Å². The van der Waals surface area contributed by atoms with Crippen molar-refractivity contribution < 1.29 is 34.5 Å². The van der Waals surface area contributed by atoms with E-state index in [1.807, 2.05) is 0 Å². The van der Waals surface area contributed by atoms with Crippen LogP contribution in [0.25, 0.3) is 0 Å². The maximum Gasteiger partial charge on any atom is 0.342 e. The van der Waals surface area contributed by atoms with Crippen LogP contribution in [0.1, 0.15) is 6.42 Å². The molecule has 1 unspecified atom stereocenters. The summed E-state index contributed by atoms with van der Waals surface area (Å²) in [6, 6.07) is 0. The molecule has 10 heteroatoms. The molecule has 0 aliphatic carbocycles. The number of carboxylic acids is 3. The van der Waals surface area contributed by atoms with Gasteiger partial charge in [-0.05, 0) is 0 Å². The van der Waals surface area contributed by atoms with E-state index in [0.717, 1.165) is 0 Å². The Morgan fingerprint density at radius 2 is 1.50 bits per heavy atom. The Balaban J connectivity index is 5.62. The third kappa shape index (κ3) is 2.09. The highest BCUT2D eigenvalue weighted by atomic mass is 16.7. The van der Waals surface area contributed by atoms with Gasteiger partial charge in [0.05, 0.1) is 6.42 Å². The van der Waals surface area contributed by atoms with E-state index in [2.05, 4.69) is 10.7 Å². The van der Waals surface area contributed by atoms with E-state index in [4.69, 9.17) is 26.8 Å². The van der Waals surface area contributed by atoms with Crippen molar-refractivity contribution in [2.24, 2.45) is 17.4 Å². The smallest absolute Gasteiger partial charge is 0.342 e. The zero-order valence-corrected chi connectivity index (χ0v) is 7.91. The molecule has 0 aliphatic heterocycles. The minimum atomic E-state index is -2.99. The first-order chi connectivity index (χ1) is 7.11. The third-order valence-electron chi connectivity index (χ3n) is 1.97. The molecule has 9 N–H and O–H groups in total. The maximum absolute atomic E-state index is 10.8. The van der Waals surface area contributed by atoms with E-state index < -0.39 is 35.6 Å². The predicted octanol–water partition coefficient (Wildman–Crippen LogP) is -3.13. The molecule has 0 aliphatic rings. The van der Waals surface area contributed by atoms with Gasteiger partial charge >= 0.3 is 17.9 Å². The summed E-state index contributed by atoms with van der Waals surface area (Å²) in [6.07, 6.45) is -1.31. The third-order valence-corrected chi connectivity index (χ3v) is 1.97. The molecule has 92 valence electrons. The number of aliphatic carboxylic acids is 3. The molecule has 0 heterocycles. The van der Waals surface area contributed by atoms with Crippen molar-refractivity contribution in [3.63, 3.8) is 0 Å². The fourth-order valence-corrected chi connectivity index (χ4v) is 0.974. The highest BCUT2D eigenvalue weighted by molar-refractivity contribution is 5.94. The zero-order chi connectivity index (χ0) is 13.1. The summed E-state index contributed by atoms with van der Waals surface area (Å²) in [4.78, 5) is 35.9. The van der Waals surface area contributed by atoms with Gasteiger partial charge in [-0.1, -0.05) is 0 Å². The van der Waals surface area contributed by atoms with Crippen molar-refractivity contribution in [1.82, 2.24) is 0 Å². The molecule has 0 amide bonds. The van der Waals surface area contributed by atoms with Crippen LogP contribution in [0.4, 0.5) is 0 Å². The lowest BCUT2D eigenvalue weighted by molar-refractivity contribution is -0.192. The Bertz CT molecular complexity index is 328. The molecule has 0 rings (SSSR count). The van der Waals surface area contributed by atoms with Gasteiger partial charge in [-0.2, -0.15) is 0 Å². The Labute approximate surface area is 88.5 Å². The van der Waals surface area contributed by atoms with Gasteiger partial charge in [-0.15, -0.1) is 0 Å². The van der Waals surface area contributed by atoms with E-state index in [1.165, 1.54) is 0 Å². The van der Waals surface area contributed by atoms with Gasteiger partial charge in [0, 0.05) is 0 Å². The Morgan fingerprint density at radius 1 is 1.06 bits per heavy atom. The number of rotatable bonds is 6. The topological polar surface area (TPSA) is 199 Å². The molecule has 0 aromatic heterocycles. The second kappa shape index (κ2) is 4.40. The number of carboxylic acid groups (broad SMARTS) is 3. The van der Waals surface area contributed by atoms with Crippen LogP contribution < -0.4 is 17.4 Å². The standard InChI is InChI=1S/C6H11N3O7/c7-6(8,4(14)15)5(16-9,3(12)13)1-2(10)11/h1,7-9H2,(H,10,11)(H,12,13)(H,14,15). The molecule has 0 radical (unpaired) electrons. The Morgan fingerprint density at radius 3 is 1.69 bits per heavy atom. The molecule has 1 atom stereocenters. The molecule has 0 saturated carbocycles. The minimum Gasteiger partial charge on any atom is -0.481 e. The Kier molecular flexibility index (Phi) is 3.92. The summed E-state index contributed by atoms with van der Waals surface area (Å²) in [5, 5.41) is 25.9. The van der Waals surface area contributed by atoms with Crippen molar-refractivity contribution in [3.8, 4) is 0 Å².